The number of nitrogens with one attached hydrogen (secondary N) is 1. The fourth-order valence-corrected chi connectivity index (χ4v) is 4.74. The van der Waals surface area contributed by atoms with Gasteiger partial charge in [0.2, 0.25) is 0 Å². The Hall–Kier alpha value is -3.53. The second-order valence-electron chi connectivity index (χ2n) is 8.00. The van der Waals surface area contributed by atoms with Crippen LogP contribution in [0.1, 0.15) is 16.7 Å². The molecule has 38 heavy (non-hydrogen) atoms. The summed E-state index contributed by atoms with van der Waals surface area (Å²) in [6, 6.07) is 31.9. The number of benzene rings is 3. The van der Waals surface area contributed by atoms with Crippen LogP contribution in [0.4, 0.5) is 0 Å². The number of aromatic nitrogens is 6. The van der Waals surface area contributed by atoms with E-state index in [-0.39, 0.29) is 24.8 Å². The Labute approximate surface area is 247 Å². The predicted octanol–water partition coefficient (Wildman–Crippen LogP) is 7.04. The van der Waals surface area contributed by atoms with Crippen molar-refractivity contribution < 1.29 is 0 Å². The number of hydrogen-bond acceptors (Lipinski definition) is 4. The molecular weight excluding hydrogens is 630 g/mol. The summed E-state index contributed by atoms with van der Waals surface area (Å²) in [5.74, 6) is 0. The van der Waals surface area contributed by atoms with Gasteiger partial charge in [-0.1, -0.05) is 91.0 Å². The van der Waals surface area contributed by atoms with Crippen molar-refractivity contribution >= 4 is 47.4 Å². The highest BCUT2D eigenvalue weighted by Gasteiger charge is 2.38. The Balaban J connectivity index is 0.000000260. The van der Waals surface area contributed by atoms with Crippen LogP contribution in [0, 0.1) is 3.70 Å². The predicted molar refractivity (Wildman–Crippen MR) is 164 cm³/mol. The minimum Gasteiger partial charge on any atom is -0.345 e. The lowest BCUT2D eigenvalue weighted by molar-refractivity contribution is 0.514. The summed E-state index contributed by atoms with van der Waals surface area (Å²) in [5, 5.41) is 0. The zero-order valence-electron chi connectivity index (χ0n) is 20.1. The molecule has 0 aliphatic rings. The van der Waals surface area contributed by atoms with Gasteiger partial charge in [0.25, 0.3) is 0 Å². The molecule has 3 heterocycles. The number of nitrogens with zero attached hydrogens (tertiary/aromatic N) is 5. The molecule has 192 valence electrons. The van der Waals surface area contributed by atoms with E-state index >= 15 is 0 Å². The highest BCUT2D eigenvalue weighted by molar-refractivity contribution is 14.1. The summed E-state index contributed by atoms with van der Waals surface area (Å²) >= 11 is 2.27. The van der Waals surface area contributed by atoms with E-state index in [1.807, 2.05) is 6.33 Å². The lowest BCUT2D eigenvalue weighted by atomic mass is 9.77. The second kappa shape index (κ2) is 13.9. The van der Waals surface area contributed by atoms with E-state index in [2.05, 4.69) is 149 Å². The monoisotopic (exact) mass is 654 g/mol. The molecule has 9 heteroatoms. The van der Waals surface area contributed by atoms with Crippen molar-refractivity contribution in [1.29, 1.82) is 0 Å². The fourth-order valence-electron chi connectivity index (χ4n) is 4.32. The Morgan fingerprint density at radius 1 is 0.658 bits per heavy atom. The first-order chi connectivity index (χ1) is 17.8. The maximum absolute atomic E-state index is 4.51. The van der Waals surface area contributed by atoms with Gasteiger partial charge in [-0.05, 0) is 39.3 Å². The summed E-state index contributed by atoms with van der Waals surface area (Å²) in [5.41, 5.74) is 5.06. The van der Waals surface area contributed by atoms with E-state index in [4.69, 9.17) is 0 Å². The van der Waals surface area contributed by atoms with E-state index in [0.717, 1.165) is 15.0 Å². The summed E-state index contributed by atoms with van der Waals surface area (Å²) in [6.45, 7) is 0. The van der Waals surface area contributed by atoms with Gasteiger partial charge in [0.1, 0.15) is 15.6 Å². The Morgan fingerprint density at radius 2 is 1.16 bits per heavy atom. The third kappa shape index (κ3) is 6.12. The minimum atomic E-state index is -0.458. The number of hydrogen-bond donors (Lipinski definition) is 1. The van der Waals surface area contributed by atoms with Gasteiger partial charge in [-0.2, -0.15) is 0 Å². The maximum atomic E-state index is 4.51. The average molecular weight is 655 g/mol. The molecule has 0 amide bonds. The molecule has 0 saturated heterocycles. The molecule has 0 aliphatic heterocycles. The normalized spacial score (nSPS) is 10.3. The van der Waals surface area contributed by atoms with Crippen LogP contribution in [0.2, 0.25) is 0 Å². The van der Waals surface area contributed by atoms with E-state index in [9.17, 15) is 0 Å². The van der Waals surface area contributed by atoms with E-state index in [1.54, 1.807) is 24.9 Å². The molecule has 6 nitrogen and oxygen atoms in total. The SMILES string of the molecule is Cl.Cl.Ic1cn(C(c2ccccc2)(c2ccccc2)c2ccccc2)cn1.c1ncc(-c2cnc[nH]2)cn1. The number of halogens is 3. The molecule has 0 saturated carbocycles. The molecule has 0 bridgehead atoms. The third-order valence-corrected chi connectivity index (χ3v) is 6.44. The standard InChI is InChI=1S/C22H17IN2.C7H6N4.2ClH/c23-21-16-25(17-24-21)22(18-10-4-1-5-11-18,19-12-6-2-7-13-19)20-14-8-3-9-15-20;1-6(2-9-4-8-1)7-3-10-5-11-7;;/h1-17H;1-5H,(H,10,11);2*1H. The van der Waals surface area contributed by atoms with Crippen molar-refractivity contribution in [3.05, 3.63) is 155 Å². The van der Waals surface area contributed by atoms with Gasteiger partial charge in [0.05, 0.1) is 24.5 Å². The van der Waals surface area contributed by atoms with Gasteiger partial charge in [-0.3, -0.25) is 0 Å². The van der Waals surface area contributed by atoms with Crippen LogP contribution in [0.3, 0.4) is 0 Å². The van der Waals surface area contributed by atoms with Crippen LogP contribution in [-0.2, 0) is 5.54 Å². The van der Waals surface area contributed by atoms with Crippen molar-refractivity contribution in [1.82, 2.24) is 29.5 Å². The summed E-state index contributed by atoms with van der Waals surface area (Å²) in [6.07, 6.45) is 12.4. The van der Waals surface area contributed by atoms with Crippen molar-refractivity contribution in [2.24, 2.45) is 0 Å². The molecule has 3 aromatic heterocycles. The summed E-state index contributed by atoms with van der Waals surface area (Å²) in [7, 11) is 0. The maximum Gasteiger partial charge on any atom is 0.121 e. The van der Waals surface area contributed by atoms with Crippen LogP contribution in [0.25, 0.3) is 11.3 Å². The van der Waals surface area contributed by atoms with Crippen LogP contribution >= 0.6 is 47.4 Å². The molecule has 6 aromatic rings. The molecule has 1 N–H and O–H groups in total. The largest absolute Gasteiger partial charge is 0.345 e. The van der Waals surface area contributed by atoms with Crippen molar-refractivity contribution in [2.75, 3.05) is 0 Å². The van der Waals surface area contributed by atoms with Gasteiger partial charge in [-0.25, -0.2) is 19.9 Å². The molecular formula is C29H25Cl2IN6. The van der Waals surface area contributed by atoms with Gasteiger partial charge >= 0.3 is 0 Å². The van der Waals surface area contributed by atoms with E-state index in [0.29, 0.717) is 0 Å². The second-order valence-corrected chi connectivity index (χ2v) is 9.11. The molecule has 0 atom stereocenters. The lowest BCUT2D eigenvalue weighted by Gasteiger charge is -2.37. The molecule has 0 spiro atoms. The Morgan fingerprint density at radius 3 is 1.55 bits per heavy atom. The number of aromatic amines is 1. The van der Waals surface area contributed by atoms with Crippen LogP contribution < -0.4 is 0 Å². The van der Waals surface area contributed by atoms with Crippen LogP contribution in [-0.4, -0.2) is 29.5 Å². The van der Waals surface area contributed by atoms with Gasteiger partial charge in [0, 0.05) is 24.2 Å². The third-order valence-electron chi connectivity index (χ3n) is 5.88. The van der Waals surface area contributed by atoms with E-state index < -0.39 is 5.54 Å². The minimum absolute atomic E-state index is 0. The topological polar surface area (TPSA) is 72.3 Å². The van der Waals surface area contributed by atoms with Gasteiger partial charge in [-0.15, -0.1) is 24.8 Å². The summed E-state index contributed by atoms with van der Waals surface area (Å²) in [4.78, 5) is 19.1. The highest BCUT2D eigenvalue weighted by Crippen LogP contribution is 2.40. The smallest absolute Gasteiger partial charge is 0.121 e. The van der Waals surface area contributed by atoms with Crippen LogP contribution in [0.5, 0.6) is 0 Å². The van der Waals surface area contributed by atoms with Crippen molar-refractivity contribution in [3.63, 3.8) is 0 Å². The Bertz CT molecular complexity index is 1380. The first-order valence-corrected chi connectivity index (χ1v) is 12.5. The molecule has 0 fully saturated rings. The van der Waals surface area contributed by atoms with E-state index in [1.165, 1.54) is 23.0 Å². The molecule has 3 aromatic carbocycles. The highest BCUT2D eigenvalue weighted by atomic mass is 127. The summed E-state index contributed by atoms with van der Waals surface area (Å²) < 4.78 is 3.19. The molecule has 0 aliphatic carbocycles. The average Bonchev–Trinajstić information content (AvgIpc) is 3.65. The molecule has 0 radical (unpaired) electrons. The fraction of sp³-hybridized carbons (Fsp3) is 0.0345. The first-order valence-electron chi connectivity index (χ1n) is 11.4. The van der Waals surface area contributed by atoms with Gasteiger partial charge < -0.3 is 9.55 Å². The lowest BCUT2D eigenvalue weighted by Crippen LogP contribution is -2.36. The zero-order valence-corrected chi connectivity index (χ0v) is 23.9. The van der Waals surface area contributed by atoms with Crippen molar-refractivity contribution in [2.45, 2.75) is 5.54 Å². The molecule has 0 unspecified atom stereocenters. The zero-order chi connectivity index (χ0) is 24.6. The molecule has 6 rings (SSSR count). The number of imidazole rings is 2. The van der Waals surface area contributed by atoms with Gasteiger partial charge in [0.15, 0.2) is 0 Å². The quantitative estimate of drug-likeness (QED) is 0.160. The Kier molecular flexibility index (Phi) is 10.6. The first kappa shape index (κ1) is 29.0. The number of rotatable bonds is 5. The number of H-pyrrole nitrogens is 1. The van der Waals surface area contributed by atoms with Crippen LogP contribution in [0.15, 0.2) is 135 Å². The van der Waals surface area contributed by atoms with Crippen molar-refractivity contribution in [3.8, 4) is 11.3 Å².